The summed E-state index contributed by atoms with van der Waals surface area (Å²) in [7, 11) is 0. The summed E-state index contributed by atoms with van der Waals surface area (Å²) < 4.78 is 6.83. The van der Waals surface area contributed by atoms with Crippen molar-refractivity contribution in [1.29, 1.82) is 0 Å². The molecule has 0 atom stereocenters. The molecule has 0 aliphatic rings. The maximum atomic E-state index is 12.1. The van der Waals surface area contributed by atoms with E-state index in [1.54, 1.807) is 17.6 Å². The van der Waals surface area contributed by atoms with Gasteiger partial charge in [0.05, 0.1) is 17.8 Å². The van der Waals surface area contributed by atoms with E-state index in [9.17, 15) is 4.79 Å². The molecule has 0 spiro atoms. The number of aromatic nitrogens is 3. The van der Waals surface area contributed by atoms with Crippen LogP contribution >= 0.6 is 0 Å². The molecule has 0 N–H and O–H groups in total. The minimum Gasteiger partial charge on any atom is -0.462 e. The van der Waals surface area contributed by atoms with Gasteiger partial charge in [0.1, 0.15) is 5.56 Å². The molecule has 0 unspecified atom stereocenters. The zero-order chi connectivity index (χ0) is 14.3. The maximum absolute atomic E-state index is 12.1. The second-order valence-electron chi connectivity index (χ2n) is 4.68. The van der Waals surface area contributed by atoms with Gasteiger partial charge in [-0.1, -0.05) is 0 Å². The molecule has 0 aliphatic heterocycles. The summed E-state index contributed by atoms with van der Waals surface area (Å²) in [6.45, 7) is 5.95. The average molecular weight is 269 g/mol. The first-order valence-corrected chi connectivity index (χ1v) is 6.54. The molecule has 0 aromatic carbocycles. The molecule has 0 saturated carbocycles. The topological polar surface area (TPSA) is 56.5 Å². The van der Waals surface area contributed by atoms with Gasteiger partial charge in [0.2, 0.25) is 0 Å². The van der Waals surface area contributed by atoms with Gasteiger partial charge in [-0.3, -0.25) is 0 Å². The number of fused-ring (bicyclic) bond motifs is 3. The smallest absolute Gasteiger partial charge is 0.342 e. The number of carbonyl (C=O) groups is 1. The van der Waals surface area contributed by atoms with Crippen molar-refractivity contribution in [3.63, 3.8) is 0 Å². The summed E-state index contributed by atoms with van der Waals surface area (Å²) in [6, 6.07) is 5.85. The SMILES string of the molecule is CCOC(=O)c1c(C)nn2c1cc(C)c1cccnc12. The number of ether oxygens (including phenoxy) is 1. The van der Waals surface area contributed by atoms with Crippen molar-refractivity contribution in [1.82, 2.24) is 14.6 Å². The normalized spacial score (nSPS) is 11.2. The Labute approximate surface area is 116 Å². The molecule has 102 valence electrons. The van der Waals surface area contributed by atoms with E-state index in [2.05, 4.69) is 10.1 Å². The zero-order valence-electron chi connectivity index (χ0n) is 11.7. The fourth-order valence-corrected chi connectivity index (χ4v) is 2.45. The van der Waals surface area contributed by atoms with Gasteiger partial charge in [-0.25, -0.2) is 14.3 Å². The van der Waals surface area contributed by atoms with Crippen LogP contribution in [-0.2, 0) is 4.74 Å². The van der Waals surface area contributed by atoms with E-state index in [0.29, 0.717) is 17.9 Å². The van der Waals surface area contributed by atoms with Crippen molar-refractivity contribution < 1.29 is 9.53 Å². The number of carbonyl (C=O) groups excluding carboxylic acids is 1. The maximum Gasteiger partial charge on any atom is 0.342 e. The van der Waals surface area contributed by atoms with E-state index in [-0.39, 0.29) is 5.97 Å². The minimum absolute atomic E-state index is 0.338. The highest BCUT2D eigenvalue weighted by Gasteiger charge is 2.20. The van der Waals surface area contributed by atoms with Crippen LogP contribution in [0, 0.1) is 13.8 Å². The van der Waals surface area contributed by atoms with E-state index in [1.807, 2.05) is 32.0 Å². The Morgan fingerprint density at radius 2 is 2.20 bits per heavy atom. The van der Waals surface area contributed by atoms with Crippen molar-refractivity contribution in [2.24, 2.45) is 0 Å². The molecular formula is C15H15N3O2. The molecule has 3 aromatic heterocycles. The van der Waals surface area contributed by atoms with E-state index < -0.39 is 0 Å². The summed E-state index contributed by atoms with van der Waals surface area (Å²) >= 11 is 0. The van der Waals surface area contributed by atoms with Crippen molar-refractivity contribution >= 4 is 22.5 Å². The molecule has 3 rings (SSSR count). The molecule has 20 heavy (non-hydrogen) atoms. The number of hydrogen-bond acceptors (Lipinski definition) is 4. The average Bonchev–Trinajstić information content (AvgIpc) is 2.76. The zero-order valence-corrected chi connectivity index (χ0v) is 11.7. The van der Waals surface area contributed by atoms with Crippen LogP contribution in [0.15, 0.2) is 24.4 Å². The molecule has 3 aromatic rings. The van der Waals surface area contributed by atoms with Crippen LogP contribution in [0.4, 0.5) is 0 Å². The second kappa shape index (κ2) is 4.59. The first-order valence-electron chi connectivity index (χ1n) is 6.54. The number of aryl methyl sites for hydroxylation is 2. The molecule has 0 aliphatic carbocycles. The highest BCUT2D eigenvalue weighted by Crippen LogP contribution is 2.24. The number of pyridine rings is 2. The van der Waals surface area contributed by atoms with Gasteiger partial charge in [-0.15, -0.1) is 0 Å². The third-order valence-electron chi connectivity index (χ3n) is 3.34. The lowest BCUT2D eigenvalue weighted by Gasteiger charge is -2.05. The molecule has 0 saturated heterocycles. The molecule has 5 nitrogen and oxygen atoms in total. The van der Waals surface area contributed by atoms with Gasteiger partial charge in [0.25, 0.3) is 0 Å². The fourth-order valence-electron chi connectivity index (χ4n) is 2.45. The number of esters is 1. The molecule has 3 heterocycles. The van der Waals surface area contributed by atoms with Crippen LogP contribution in [0.2, 0.25) is 0 Å². The molecular weight excluding hydrogens is 254 g/mol. The highest BCUT2D eigenvalue weighted by molar-refractivity contribution is 6.00. The first kappa shape index (κ1) is 12.6. The Morgan fingerprint density at radius 1 is 1.40 bits per heavy atom. The quantitative estimate of drug-likeness (QED) is 0.671. The monoisotopic (exact) mass is 269 g/mol. The Bertz CT molecular complexity index is 821. The van der Waals surface area contributed by atoms with Gasteiger partial charge >= 0.3 is 5.97 Å². The van der Waals surface area contributed by atoms with Crippen molar-refractivity contribution in [2.45, 2.75) is 20.8 Å². The predicted molar refractivity (Wildman–Crippen MR) is 75.9 cm³/mol. The third kappa shape index (κ3) is 1.74. The second-order valence-corrected chi connectivity index (χ2v) is 4.68. The van der Waals surface area contributed by atoms with Crippen LogP contribution in [0.5, 0.6) is 0 Å². The summed E-state index contributed by atoms with van der Waals surface area (Å²) in [6.07, 6.45) is 1.72. The van der Waals surface area contributed by atoms with E-state index >= 15 is 0 Å². The number of hydrogen-bond donors (Lipinski definition) is 0. The minimum atomic E-state index is -0.338. The van der Waals surface area contributed by atoms with Gasteiger partial charge in [-0.2, -0.15) is 5.10 Å². The van der Waals surface area contributed by atoms with Crippen LogP contribution in [0.1, 0.15) is 28.5 Å². The van der Waals surface area contributed by atoms with E-state index in [4.69, 9.17) is 4.74 Å². The summed E-state index contributed by atoms with van der Waals surface area (Å²) in [5.41, 5.74) is 3.72. The van der Waals surface area contributed by atoms with Gasteiger partial charge in [0.15, 0.2) is 5.65 Å². The summed E-state index contributed by atoms with van der Waals surface area (Å²) in [5, 5.41) is 5.46. The van der Waals surface area contributed by atoms with Crippen LogP contribution in [-0.4, -0.2) is 27.2 Å². The lowest BCUT2D eigenvalue weighted by Crippen LogP contribution is -2.06. The number of rotatable bonds is 2. The van der Waals surface area contributed by atoms with E-state index in [1.165, 1.54) is 0 Å². The lowest BCUT2D eigenvalue weighted by molar-refractivity contribution is 0.0528. The van der Waals surface area contributed by atoms with Crippen molar-refractivity contribution in [3.8, 4) is 0 Å². The van der Waals surface area contributed by atoms with Crippen LogP contribution in [0.25, 0.3) is 16.6 Å². The van der Waals surface area contributed by atoms with Crippen LogP contribution < -0.4 is 0 Å². The molecule has 5 heteroatoms. The third-order valence-corrected chi connectivity index (χ3v) is 3.34. The van der Waals surface area contributed by atoms with Gasteiger partial charge in [0, 0.05) is 11.6 Å². The molecule has 0 amide bonds. The summed E-state index contributed by atoms with van der Waals surface area (Å²) in [5.74, 6) is -0.338. The Kier molecular flexibility index (Phi) is 2.89. The van der Waals surface area contributed by atoms with Crippen molar-refractivity contribution in [3.05, 3.63) is 41.2 Å². The van der Waals surface area contributed by atoms with Gasteiger partial charge in [-0.05, 0) is 44.5 Å². The first-order chi connectivity index (χ1) is 9.63. The van der Waals surface area contributed by atoms with E-state index in [0.717, 1.165) is 22.1 Å². The largest absolute Gasteiger partial charge is 0.462 e. The molecule has 0 bridgehead atoms. The fraction of sp³-hybridized carbons (Fsp3) is 0.267. The summed E-state index contributed by atoms with van der Waals surface area (Å²) in [4.78, 5) is 16.5. The standard InChI is InChI=1S/C15H15N3O2/c1-4-20-15(19)13-10(3)17-18-12(13)8-9(2)11-6-5-7-16-14(11)18/h5-8H,4H2,1-3H3. The predicted octanol–water partition coefficient (Wildman–Crippen LogP) is 2.68. The Hall–Kier alpha value is -2.43. The highest BCUT2D eigenvalue weighted by atomic mass is 16.5. The Balaban J connectivity index is 2.39. The molecule has 0 fully saturated rings. The Morgan fingerprint density at radius 3 is 2.95 bits per heavy atom. The number of nitrogens with zero attached hydrogens (tertiary/aromatic N) is 3. The van der Waals surface area contributed by atoms with Gasteiger partial charge < -0.3 is 4.74 Å². The lowest BCUT2D eigenvalue weighted by atomic mass is 10.1. The molecule has 0 radical (unpaired) electrons. The van der Waals surface area contributed by atoms with Crippen LogP contribution in [0.3, 0.4) is 0 Å². The van der Waals surface area contributed by atoms with Crippen molar-refractivity contribution in [2.75, 3.05) is 6.61 Å².